The van der Waals surface area contributed by atoms with E-state index in [9.17, 15) is 5.11 Å². The molecule has 1 unspecified atom stereocenters. The van der Waals surface area contributed by atoms with Crippen molar-refractivity contribution in [1.82, 2.24) is 0 Å². The molecule has 1 aromatic rings. The average Bonchev–Trinajstić information content (AvgIpc) is 2.18. The van der Waals surface area contributed by atoms with Crippen molar-refractivity contribution in [2.45, 2.75) is 38.9 Å². The lowest BCUT2D eigenvalue weighted by molar-refractivity contribution is -0.0200. The summed E-state index contributed by atoms with van der Waals surface area (Å²) >= 11 is 0. The second-order valence-electron chi connectivity index (χ2n) is 4.59. The van der Waals surface area contributed by atoms with Gasteiger partial charge in [0.2, 0.25) is 0 Å². The summed E-state index contributed by atoms with van der Waals surface area (Å²) in [6, 6.07) is 7.95. The Bertz CT molecular complexity index is 301. The molecule has 15 heavy (non-hydrogen) atoms. The van der Waals surface area contributed by atoms with Gasteiger partial charge in [-0.15, -0.1) is 0 Å². The second kappa shape index (κ2) is 4.77. The fourth-order valence-corrected chi connectivity index (χ4v) is 1.46. The zero-order valence-corrected chi connectivity index (χ0v) is 9.95. The number of rotatable bonds is 4. The van der Waals surface area contributed by atoms with Crippen molar-refractivity contribution in [2.24, 2.45) is 0 Å². The van der Waals surface area contributed by atoms with Crippen molar-refractivity contribution in [2.75, 3.05) is 7.11 Å². The van der Waals surface area contributed by atoms with E-state index >= 15 is 0 Å². The third-order valence-corrected chi connectivity index (χ3v) is 2.70. The van der Waals surface area contributed by atoms with E-state index in [-0.39, 0.29) is 5.60 Å². The van der Waals surface area contributed by atoms with Crippen molar-refractivity contribution < 1.29 is 9.84 Å². The van der Waals surface area contributed by atoms with Gasteiger partial charge < -0.3 is 9.84 Å². The molecule has 0 aliphatic rings. The van der Waals surface area contributed by atoms with Crippen molar-refractivity contribution in [3.05, 3.63) is 35.4 Å². The third kappa shape index (κ3) is 3.65. The Morgan fingerprint density at radius 2 is 1.80 bits per heavy atom. The van der Waals surface area contributed by atoms with Crippen molar-refractivity contribution in [3.63, 3.8) is 0 Å². The topological polar surface area (TPSA) is 29.5 Å². The molecule has 0 bridgehead atoms. The van der Waals surface area contributed by atoms with E-state index in [0.29, 0.717) is 6.42 Å². The maximum Gasteiger partial charge on any atom is 0.0817 e. The van der Waals surface area contributed by atoms with Crippen LogP contribution < -0.4 is 0 Å². The van der Waals surface area contributed by atoms with E-state index in [1.807, 2.05) is 45.0 Å². The highest BCUT2D eigenvalue weighted by atomic mass is 16.5. The summed E-state index contributed by atoms with van der Waals surface area (Å²) in [6.45, 7) is 5.99. The molecule has 0 aromatic heterocycles. The Kier molecular flexibility index (Phi) is 3.89. The number of benzene rings is 1. The van der Waals surface area contributed by atoms with Crippen LogP contribution in [0.3, 0.4) is 0 Å². The third-order valence-electron chi connectivity index (χ3n) is 2.70. The summed E-state index contributed by atoms with van der Waals surface area (Å²) in [6.07, 6.45) is 0.146. The van der Waals surface area contributed by atoms with Gasteiger partial charge in [0.25, 0.3) is 0 Å². The van der Waals surface area contributed by atoms with Gasteiger partial charge in [-0.05, 0) is 26.3 Å². The Labute approximate surface area is 91.9 Å². The molecule has 0 spiro atoms. The van der Waals surface area contributed by atoms with Crippen LogP contribution in [0.1, 0.15) is 37.5 Å². The zero-order chi connectivity index (χ0) is 11.5. The minimum atomic E-state index is -0.458. The summed E-state index contributed by atoms with van der Waals surface area (Å²) in [5.41, 5.74) is 1.87. The number of hydrogen-bond donors (Lipinski definition) is 1. The van der Waals surface area contributed by atoms with E-state index in [2.05, 4.69) is 0 Å². The van der Waals surface area contributed by atoms with Gasteiger partial charge in [0.1, 0.15) is 0 Å². The molecule has 0 fully saturated rings. The van der Waals surface area contributed by atoms with Gasteiger partial charge in [0.15, 0.2) is 0 Å². The highest BCUT2D eigenvalue weighted by Crippen LogP contribution is 2.25. The Balaban J connectivity index is 2.69. The first-order valence-electron chi connectivity index (χ1n) is 5.24. The van der Waals surface area contributed by atoms with Gasteiger partial charge in [-0.2, -0.15) is 0 Å². The van der Waals surface area contributed by atoms with E-state index in [0.717, 1.165) is 5.56 Å². The summed E-state index contributed by atoms with van der Waals surface area (Å²) in [5, 5.41) is 10.00. The van der Waals surface area contributed by atoms with Crippen LogP contribution in [0, 0.1) is 6.92 Å². The molecule has 2 nitrogen and oxygen atoms in total. The summed E-state index contributed by atoms with van der Waals surface area (Å²) in [5.74, 6) is 0. The quantitative estimate of drug-likeness (QED) is 0.824. The standard InChI is InChI=1S/C13H20O2/c1-10-5-7-11(8-6-10)12(14)9-13(2,3)15-4/h5-8,12,14H,9H2,1-4H3. The molecule has 1 rings (SSSR count). The number of ether oxygens (including phenoxy) is 1. The fourth-order valence-electron chi connectivity index (χ4n) is 1.46. The van der Waals surface area contributed by atoms with E-state index in [1.54, 1.807) is 7.11 Å². The number of hydrogen-bond acceptors (Lipinski definition) is 2. The fraction of sp³-hybridized carbons (Fsp3) is 0.538. The molecule has 1 atom stereocenters. The lowest BCUT2D eigenvalue weighted by atomic mass is 9.95. The second-order valence-corrected chi connectivity index (χ2v) is 4.59. The van der Waals surface area contributed by atoms with Crippen molar-refractivity contribution in [3.8, 4) is 0 Å². The molecule has 1 N–H and O–H groups in total. The molecule has 0 radical (unpaired) electrons. The Hall–Kier alpha value is -0.860. The van der Waals surface area contributed by atoms with Gasteiger partial charge in [-0.3, -0.25) is 0 Å². The van der Waals surface area contributed by atoms with Gasteiger partial charge in [0, 0.05) is 13.5 Å². The molecule has 84 valence electrons. The molecule has 0 saturated carbocycles. The molecule has 0 amide bonds. The Morgan fingerprint density at radius 3 is 2.27 bits per heavy atom. The lowest BCUT2D eigenvalue weighted by Crippen LogP contribution is -2.25. The number of aliphatic hydroxyl groups excluding tert-OH is 1. The van der Waals surface area contributed by atoms with Gasteiger partial charge in [-0.25, -0.2) is 0 Å². The molecule has 0 aliphatic heterocycles. The van der Waals surface area contributed by atoms with Gasteiger partial charge in [0.05, 0.1) is 11.7 Å². The maximum atomic E-state index is 10.00. The molecule has 1 aromatic carbocycles. The molecular formula is C13H20O2. The van der Waals surface area contributed by atoms with E-state index in [4.69, 9.17) is 4.74 Å². The molecular weight excluding hydrogens is 188 g/mol. The van der Waals surface area contributed by atoms with Crippen LogP contribution in [0.5, 0.6) is 0 Å². The maximum absolute atomic E-state index is 10.00. The highest BCUT2D eigenvalue weighted by molar-refractivity contribution is 5.23. The van der Waals surface area contributed by atoms with Crippen molar-refractivity contribution >= 4 is 0 Å². The van der Waals surface area contributed by atoms with E-state index in [1.165, 1.54) is 5.56 Å². The predicted molar refractivity (Wildman–Crippen MR) is 61.8 cm³/mol. The monoisotopic (exact) mass is 208 g/mol. The molecule has 0 aliphatic carbocycles. The first kappa shape index (κ1) is 12.2. The minimum Gasteiger partial charge on any atom is -0.388 e. The molecule has 2 heteroatoms. The number of aryl methyl sites for hydroxylation is 1. The lowest BCUT2D eigenvalue weighted by Gasteiger charge is -2.26. The first-order chi connectivity index (χ1) is 6.94. The van der Waals surface area contributed by atoms with Crippen LogP contribution in [0.2, 0.25) is 0 Å². The highest BCUT2D eigenvalue weighted by Gasteiger charge is 2.22. The zero-order valence-electron chi connectivity index (χ0n) is 9.95. The van der Waals surface area contributed by atoms with Crippen LogP contribution in [-0.4, -0.2) is 17.8 Å². The molecule has 0 saturated heterocycles. The largest absolute Gasteiger partial charge is 0.388 e. The summed E-state index contributed by atoms with van der Waals surface area (Å²) in [7, 11) is 1.67. The van der Waals surface area contributed by atoms with Crippen LogP contribution >= 0.6 is 0 Å². The smallest absolute Gasteiger partial charge is 0.0817 e. The van der Waals surface area contributed by atoms with Crippen LogP contribution in [0.4, 0.5) is 0 Å². The van der Waals surface area contributed by atoms with Crippen molar-refractivity contribution in [1.29, 1.82) is 0 Å². The number of aliphatic hydroxyl groups is 1. The number of methoxy groups -OCH3 is 1. The van der Waals surface area contributed by atoms with Crippen LogP contribution in [0.15, 0.2) is 24.3 Å². The average molecular weight is 208 g/mol. The summed E-state index contributed by atoms with van der Waals surface area (Å²) < 4.78 is 5.29. The predicted octanol–water partition coefficient (Wildman–Crippen LogP) is 2.84. The van der Waals surface area contributed by atoms with Gasteiger partial charge >= 0.3 is 0 Å². The SMILES string of the molecule is COC(C)(C)CC(O)c1ccc(C)cc1. The summed E-state index contributed by atoms with van der Waals surface area (Å²) in [4.78, 5) is 0. The van der Waals surface area contributed by atoms with Crippen LogP contribution in [-0.2, 0) is 4.74 Å². The minimum absolute atomic E-state index is 0.287. The van der Waals surface area contributed by atoms with Gasteiger partial charge in [-0.1, -0.05) is 29.8 Å². The van der Waals surface area contributed by atoms with Crippen LogP contribution in [0.25, 0.3) is 0 Å². The molecule has 0 heterocycles. The Morgan fingerprint density at radius 1 is 1.27 bits per heavy atom. The first-order valence-corrected chi connectivity index (χ1v) is 5.24. The van der Waals surface area contributed by atoms with E-state index < -0.39 is 6.10 Å². The normalized spacial score (nSPS) is 13.9.